The van der Waals surface area contributed by atoms with Crippen LogP contribution in [0.25, 0.3) is 0 Å². The van der Waals surface area contributed by atoms with E-state index >= 15 is 0 Å². The highest BCUT2D eigenvalue weighted by molar-refractivity contribution is 7.12. The Morgan fingerprint density at radius 2 is 2.33 bits per heavy atom. The van der Waals surface area contributed by atoms with Crippen LogP contribution in [0.4, 0.5) is 0 Å². The standard InChI is InChI=1S/C14H20N2OS/c1-3-6-12(4-2)16-14(17)13-11(7-5-9-15)8-10-18-13/h8,10,12H,3-4,6,9,15H2,1-2H3,(H,16,17). The molecular weight excluding hydrogens is 244 g/mol. The van der Waals surface area contributed by atoms with Crippen LogP contribution in [0.5, 0.6) is 0 Å². The van der Waals surface area contributed by atoms with Gasteiger partial charge in [-0.2, -0.15) is 0 Å². The molecule has 1 aromatic rings. The number of carbonyl (C=O) groups excluding carboxylic acids is 1. The molecule has 18 heavy (non-hydrogen) atoms. The van der Waals surface area contributed by atoms with Crippen molar-refractivity contribution in [2.24, 2.45) is 5.73 Å². The molecule has 3 nitrogen and oxygen atoms in total. The van der Waals surface area contributed by atoms with Gasteiger partial charge < -0.3 is 11.1 Å². The predicted octanol–water partition coefficient (Wildman–Crippen LogP) is 2.37. The fourth-order valence-corrected chi connectivity index (χ4v) is 2.46. The number of rotatable bonds is 5. The van der Waals surface area contributed by atoms with Gasteiger partial charge in [-0.3, -0.25) is 4.79 Å². The topological polar surface area (TPSA) is 55.1 Å². The second kappa shape index (κ2) is 7.91. The predicted molar refractivity (Wildman–Crippen MR) is 76.7 cm³/mol. The van der Waals surface area contributed by atoms with E-state index in [-0.39, 0.29) is 11.9 Å². The van der Waals surface area contributed by atoms with Gasteiger partial charge in [-0.05, 0) is 24.3 Å². The van der Waals surface area contributed by atoms with Crippen LogP contribution in [0.15, 0.2) is 11.4 Å². The lowest BCUT2D eigenvalue weighted by Gasteiger charge is -2.15. The Hall–Kier alpha value is -1.31. The van der Waals surface area contributed by atoms with Gasteiger partial charge in [-0.25, -0.2) is 0 Å². The third-order valence-corrected chi connectivity index (χ3v) is 3.57. The zero-order chi connectivity index (χ0) is 13.4. The molecule has 1 amide bonds. The molecule has 1 rings (SSSR count). The molecule has 0 fully saturated rings. The lowest BCUT2D eigenvalue weighted by molar-refractivity contribution is 0.0937. The minimum atomic E-state index is -0.0216. The fraction of sp³-hybridized carbons (Fsp3) is 0.500. The van der Waals surface area contributed by atoms with Crippen molar-refractivity contribution in [2.45, 2.75) is 39.2 Å². The van der Waals surface area contributed by atoms with E-state index in [1.165, 1.54) is 11.3 Å². The molecular formula is C14H20N2OS. The van der Waals surface area contributed by atoms with E-state index in [0.717, 1.165) is 24.8 Å². The highest BCUT2D eigenvalue weighted by Crippen LogP contribution is 2.16. The summed E-state index contributed by atoms with van der Waals surface area (Å²) in [6.45, 7) is 4.52. The Morgan fingerprint density at radius 1 is 1.56 bits per heavy atom. The summed E-state index contributed by atoms with van der Waals surface area (Å²) in [5, 5.41) is 4.94. The first-order valence-electron chi connectivity index (χ1n) is 6.30. The van der Waals surface area contributed by atoms with Gasteiger partial charge in [0.05, 0.1) is 6.54 Å². The molecule has 1 unspecified atom stereocenters. The monoisotopic (exact) mass is 264 g/mol. The second-order valence-electron chi connectivity index (χ2n) is 4.04. The van der Waals surface area contributed by atoms with Crippen molar-refractivity contribution in [2.75, 3.05) is 6.54 Å². The van der Waals surface area contributed by atoms with Crippen LogP contribution in [-0.2, 0) is 0 Å². The summed E-state index contributed by atoms with van der Waals surface area (Å²) in [5.41, 5.74) is 6.11. The maximum absolute atomic E-state index is 12.1. The van der Waals surface area contributed by atoms with E-state index in [0.29, 0.717) is 11.4 Å². The minimum Gasteiger partial charge on any atom is -0.349 e. The highest BCUT2D eigenvalue weighted by atomic mass is 32.1. The zero-order valence-electron chi connectivity index (χ0n) is 11.0. The number of hydrogen-bond donors (Lipinski definition) is 2. The zero-order valence-corrected chi connectivity index (χ0v) is 11.8. The first kappa shape index (κ1) is 14.7. The van der Waals surface area contributed by atoms with Crippen molar-refractivity contribution in [3.05, 3.63) is 21.9 Å². The van der Waals surface area contributed by atoms with Gasteiger partial charge in [0, 0.05) is 11.6 Å². The summed E-state index contributed by atoms with van der Waals surface area (Å²) in [7, 11) is 0. The number of carbonyl (C=O) groups is 1. The Morgan fingerprint density at radius 3 is 2.94 bits per heavy atom. The molecule has 0 aliphatic heterocycles. The molecule has 0 radical (unpaired) electrons. The normalized spacial score (nSPS) is 11.5. The van der Waals surface area contributed by atoms with Gasteiger partial charge in [0.25, 0.3) is 5.91 Å². The van der Waals surface area contributed by atoms with E-state index in [1.54, 1.807) is 0 Å². The highest BCUT2D eigenvalue weighted by Gasteiger charge is 2.15. The molecule has 98 valence electrons. The van der Waals surface area contributed by atoms with E-state index < -0.39 is 0 Å². The number of nitrogens with one attached hydrogen (secondary N) is 1. The summed E-state index contributed by atoms with van der Waals surface area (Å²) in [6, 6.07) is 2.11. The Balaban J connectivity index is 2.74. The van der Waals surface area contributed by atoms with Crippen LogP contribution in [0.1, 0.15) is 48.3 Å². The molecule has 3 N–H and O–H groups in total. The van der Waals surface area contributed by atoms with Crippen LogP contribution in [0.3, 0.4) is 0 Å². The van der Waals surface area contributed by atoms with E-state index in [9.17, 15) is 4.79 Å². The lowest BCUT2D eigenvalue weighted by atomic mass is 10.1. The van der Waals surface area contributed by atoms with E-state index in [4.69, 9.17) is 5.73 Å². The molecule has 0 aliphatic carbocycles. The molecule has 1 aromatic heterocycles. The average Bonchev–Trinajstić information content (AvgIpc) is 2.84. The quantitative estimate of drug-likeness (QED) is 0.802. The van der Waals surface area contributed by atoms with Crippen molar-refractivity contribution in [1.82, 2.24) is 5.32 Å². The molecule has 0 saturated heterocycles. The first-order chi connectivity index (χ1) is 8.72. The smallest absolute Gasteiger partial charge is 0.262 e. The Bertz CT molecular complexity index is 442. The van der Waals surface area contributed by atoms with Crippen LogP contribution in [-0.4, -0.2) is 18.5 Å². The maximum Gasteiger partial charge on any atom is 0.262 e. The second-order valence-corrected chi connectivity index (χ2v) is 4.95. The first-order valence-corrected chi connectivity index (χ1v) is 7.18. The summed E-state index contributed by atoms with van der Waals surface area (Å²) in [4.78, 5) is 12.8. The van der Waals surface area contributed by atoms with E-state index in [1.807, 2.05) is 11.4 Å². The third-order valence-electron chi connectivity index (χ3n) is 2.66. The number of hydrogen-bond acceptors (Lipinski definition) is 3. The molecule has 0 saturated carbocycles. The summed E-state index contributed by atoms with van der Waals surface area (Å²) < 4.78 is 0. The van der Waals surface area contributed by atoms with E-state index in [2.05, 4.69) is 31.0 Å². The minimum absolute atomic E-state index is 0.0216. The third kappa shape index (κ3) is 4.17. The summed E-state index contributed by atoms with van der Waals surface area (Å²) in [6.07, 6.45) is 3.04. The largest absolute Gasteiger partial charge is 0.349 e. The van der Waals surface area contributed by atoms with Gasteiger partial charge in [0.2, 0.25) is 0 Å². The maximum atomic E-state index is 12.1. The SMILES string of the molecule is CCCC(CC)NC(=O)c1sccc1C#CCN. The van der Waals surface area contributed by atoms with Crippen molar-refractivity contribution in [3.8, 4) is 11.8 Å². The van der Waals surface area contributed by atoms with Crippen molar-refractivity contribution in [3.63, 3.8) is 0 Å². The van der Waals surface area contributed by atoms with Gasteiger partial charge in [-0.1, -0.05) is 32.1 Å². The van der Waals surface area contributed by atoms with Crippen LogP contribution < -0.4 is 11.1 Å². The van der Waals surface area contributed by atoms with Crippen molar-refractivity contribution < 1.29 is 4.79 Å². The van der Waals surface area contributed by atoms with Gasteiger partial charge in [0.1, 0.15) is 4.88 Å². The number of nitrogens with two attached hydrogens (primary N) is 1. The van der Waals surface area contributed by atoms with Gasteiger partial charge >= 0.3 is 0 Å². The van der Waals surface area contributed by atoms with Gasteiger partial charge in [0.15, 0.2) is 0 Å². The average molecular weight is 264 g/mol. The summed E-state index contributed by atoms with van der Waals surface area (Å²) >= 11 is 1.42. The van der Waals surface area contributed by atoms with Crippen molar-refractivity contribution >= 4 is 17.2 Å². The molecule has 0 bridgehead atoms. The van der Waals surface area contributed by atoms with Crippen molar-refractivity contribution in [1.29, 1.82) is 0 Å². The molecule has 1 heterocycles. The van der Waals surface area contributed by atoms with Crippen LogP contribution in [0.2, 0.25) is 0 Å². The number of amides is 1. The van der Waals surface area contributed by atoms with Crippen LogP contribution in [0, 0.1) is 11.8 Å². The lowest BCUT2D eigenvalue weighted by Crippen LogP contribution is -2.34. The molecule has 0 spiro atoms. The molecule has 0 aromatic carbocycles. The molecule has 1 atom stereocenters. The number of thiophene rings is 1. The van der Waals surface area contributed by atoms with Crippen LogP contribution >= 0.6 is 11.3 Å². The fourth-order valence-electron chi connectivity index (χ4n) is 1.71. The van der Waals surface area contributed by atoms with Gasteiger partial charge in [-0.15, -0.1) is 11.3 Å². The Kier molecular flexibility index (Phi) is 6.48. The molecule has 0 aliphatic rings. The summed E-state index contributed by atoms with van der Waals surface area (Å²) in [5.74, 6) is 5.69. The Labute approximate surface area is 113 Å². The molecule has 4 heteroatoms.